The van der Waals surface area contributed by atoms with Crippen molar-refractivity contribution in [3.63, 3.8) is 0 Å². The van der Waals surface area contributed by atoms with Crippen molar-refractivity contribution in [1.82, 2.24) is 4.31 Å². The molecule has 0 bridgehead atoms. The minimum atomic E-state index is -3.48. The molecular weight excluding hydrogens is 340 g/mol. The van der Waals surface area contributed by atoms with Gasteiger partial charge in [0, 0.05) is 32.1 Å². The van der Waals surface area contributed by atoms with Crippen molar-refractivity contribution in [3.05, 3.63) is 59.7 Å². The predicted octanol–water partition coefficient (Wildman–Crippen LogP) is 3.50. The number of hydrogen-bond acceptors (Lipinski definition) is 4. The van der Waals surface area contributed by atoms with E-state index >= 15 is 0 Å². The van der Waals surface area contributed by atoms with Gasteiger partial charge in [-0.1, -0.05) is 24.3 Å². The molecule has 0 saturated carbocycles. The molecule has 1 aliphatic rings. The highest BCUT2D eigenvalue weighted by Crippen LogP contribution is 2.41. The molecule has 4 nitrogen and oxygen atoms in total. The molecule has 1 fully saturated rings. The van der Waals surface area contributed by atoms with Crippen LogP contribution in [0.4, 0.5) is 5.69 Å². The van der Waals surface area contributed by atoms with Crippen molar-refractivity contribution in [2.45, 2.75) is 17.2 Å². The van der Waals surface area contributed by atoms with Crippen molar-refractivity contribution >= 4 is 27.5 Å². The highest BCUT2D eigenvalue weighted by molar-refractivity contribution is 8.01. The summed E-state index contributed by atoms with van der Waals surface area (Å²) in [5, 5.41) is -0.160. The summed E-state index contributed by atoms with van der Waals surface area (Å²) in [6.07, 6.45) is 0. The Morgan fingerprint density at radius 2 is 1.83 bits per heavy atom. The lowest BCUT2D eigenvalue weighted by atomic mass is 10.2. The molecule has 0 spiro atoms. The average Bonchev–Trinajstić information content (AvgIpc) is 3.05. The van der Waals surface area contributed by atoms with Gasteiger partial charge in [0.1, 0.15) is 0 Å². The first-order valence-corrected chi connectivity index (χ1v) is 10.4. The maximum Gasteiger partial charge on any atom is 0.244 e. The zero-order valence-electron chi connectivity index (χ0n) is 14.1. The fourth-order valence-corrected chi connectivity index (χ4v) is 6.16. The van der Waals surface area contributed by atoms with Gasteiger partial charge in [-0.2, -0.15) is 4.31 Å². The molecule has 0 radical (unpaired) electrons. The van der Waals surface area contributed by atoms with E-state index in [1.165, 1.54) is 0 Å². The molecule has 1 atom stereocenters. The van der Waals surface area contributed by atoms with Crippen LogP contribution in [-0.4, -0.2) is 39.1 Å². The quantitative estimate of drug-likeness (QED) is 0.835. The van der Waals surface area contributed by atoms with E-state index in [0.717, 1.165) is 22.6 Å². The van der Waals surface area contributed by atoms with Crippen molar-refractivity contribution < 1.29 is 8.42 Å². The zero-order chi connectivity index (χ0) is 17.3. The molecule has 3 rings (SSSR count). The predicted molar refractivity (Wildman–Crippen MR) is 101 cm³/mol. The highest BCUT2D eigenvalue weighted by Gasteiger charge is 2.36. The van der Waals surface area contributed by atoms with E-state index < -0.39 is 10.0 Å². The first kappa shape index (κ1) is 17.3. The number of aryl methyl sites for hydroxylation is 1. The number of rotatable bonds is 4. The summed E-state index contributed by atoms with van der Waals surface area (Å²) in [6.45, 7) is 2.45. The van der Waals surface area contributed by atoms with Crippen molar-refractivity contribution in [2.75, 3.05) is 31.3 Å². The maximum absolute atomic E-state index is 13.0. The minimum absolute atomic E-state index is 0.160. The van der Waals surface area contributed by atoms with Crippen LogP contribution < -0.4 is 4.90 Å². The first-order chi connectivity index (χ1) is 11.4. The van der Waals surface area contributed by atoms with Crippen LogP contribution in [0.2, 0.25) is 0 Å². The van der Waals surface area contributed by atoms with Crippen LogP contribution in [0.5, 0.6) is 0 Å². The Balaban J connectivity index is 1.92. The molecule has 0 aliphatic carbocycles. The second-order valence-corrected chi connectivity index (χ2v) is 9.22. The maximum atomic E-state index is 13.0. The lowest BCUT2D eigenvalue weighted by Gasteiger charge is -2.24. The van der Waals surface area contributed by atoms with Gasteiger partial charge in [-0.05, 0) is 42.3 Å². The summed E-state index contributed by atoms with van der Waals surface area (Å²) >= 11 is 1.68. The SMILES string of the molecule is Cc1cccc(S(=O)(=O)N2CCSC2c2ccc(N(C)C)cc2)c1. The van der Waals surface area contributed by atoms with Crippen LogP contribution in [0.25, 0.3) is 0 Å². The van der Waals surface area contributed by atoms with Gasteiger partial charge in [-0.3, -0.25) is 0 Å². The average molecular weight is 363 g/mol. The van der Waals surface area contributed by atoms with Crippen LogP contribution in [0, 0.1) is 6.92 Å². The molecule has 1 heterocycles. The van der Waals surface area contributed by atoms with E-state index in [1.807, 2.05) is 56.3 Å². The molecule has 1 saturated heterocycles. The number of thioether (sulfide) groups is 1. The van der Waals surface area contributed by atoms with E-state index in [4.69, 9.17) is 0 Å². The van der Waals surface area contributed by atoms with Gasteiger partial charge in [0.15, 0.2) is 0 Å². The van der Waals surface area contributed by atoms with E-state index in [0.29, 0.717) is 11.4 Å². The van der Waals surface area contributed by atoms with Gasteiger partial charge in [0.05, 0.1) is 10.3 Å². The highest BCUT2D eigenvalue weighted by atomic mass is 32.2. The summed E-state index contributed by atoms with van der Waals surface area (Å²) < 4.78 is 27.7. The Hall–Kier alpha value is -1.50. The van der Waals surface area contributed by atoms with Crippen LogP contribution >= 0.6 is 11.8 Å². The van der Waals surface area contributed by atoms with E-state index in [2.05, 4.69) is 0 Å². The molecule has 1 aliphatic heterocycles. The van der Waals surface area contributed by atoms with Crippen molar-refractivity contribution in [1.29, 1.82) is 0 Å². The fraction of sp³-hybridized carbons (Fsp3) is 0.333. The largest absolute Gasteiger partial charge is 0.378 e. The second kappa shape index (κ2) is 6.78. The summed E-state index contributed by atoms with van der Waals surface area (Å²) in [6, 6.07) is 15.2. The van der Waals surface area contributed by atoms with E-state index in [9.17, 15) is 8.42 Å². The lowest BCUT2D eigenvalue weighted by molar-refractivity contribution is 0.434. The fourth-order valence-electron chi connectivity index (χ4n) is 2.81. The molecule has 2 aromatic rings. The number of hydrogen-bond donors (Lipinski definition) is 0. The Morgan fingerprint density at radius 3 is 2.46 bits per heavy atom. The number of benzene rings is 2. The zero-order valence-corrected chi connectivity index (χ0v) is 15.8. The monoisotopic (exact) mass is 362 g/mol. The third kappa shape index (κ3) is 3.31. The molecule has 0 amide bonds. The Labute approximate surface area is 148 Å². The van der Waals surface area contributed by atoms with Crippen molar-refractivity contribution in [3.8, 4) is 0 Å². The van der Waals surface area contributed by atoms with E-state index in [1.54, 1.807) is 34.3 Å². The van der Waals surface area contributed by atoms with Gasteiger partial charge >= 0.3 is 0 Å². The van der Waals surface area contributed by atoms with Gasteiger partial charge in [0.2, 0.25) is 10.0 Å². The third-order valence-corrected chi connectivity index (χ3v) is 7.39. The van der Waals surface area contributed by atoms with Gasteiger partial charge in [-0.15, -0.1) is 11.8 Å². The lowest BCUT2D eigenvalue weighted by Crippen LogP contribution is -2.30. The third-order valence-electron chi connectivity index (χ3n) is 4.14. The van der Waals surface area contributed by atoms with E-state index in [-0.39, 0.29) is 5.37 Å². The Morgan fingerprint density at radius 1 is 1.12 bits per heavy atom. The molecule has 24 heavy (non-hydrogen) atoms. The smallest absolute Gasteiger partial charge is 0.244 e. The van der Waals surface area contributed by atoms with Crippen LogP contribution in [0.3, 0.4) is 0 Å². The summed E-state index contributed by atoms with van der Waals surface area (Å²) in [5.74, 6) is 0.811. The molecule has 6 heteroatoms. The molecule has 128 valence electrons. The number of nitrogens with zero attached hydrogens (tertiary/aromatic N) is 2. The molecule has 1 unspecified atom stereocenters. The van der Waals surface area contributed by atoms with Gasteiger partial charge < -0.3 is 4.90 Å². The Bertz CT molecular complexity index is 817. The standard InChI is InChI=1S/C18H22N2O2S2/c1-14-5-4-6-17(13-14)24(21,22)20-11-12-23-18(20)15-7-9-16(10-8-15)19(2)3/h4-10,13,18H,11-12H2,1-3H3. The first-order valence-electron chi connectivity index (χ1n) is 7.87. The molecule has 2 aromatic carbocycles. The molecule has 0 aromatic heterocycles. The summed E-state index contributed by atoms with van der Waals surface area (Å²) in [5.41, 5.74) is 3.09. The number of anilines is 1. The summed E-state index contributed by atoms with van der Waals surface area (Å²) in [7, 11) is 0.505. The van der Waals surface area contributed by atoms with Crippen molar-refractivity contribution in [2.24, 2.45) is 0 Å². The summed E-state index contributed by atoms with van der Waals surface area (Å²) in [4.78, 5) is 2.41. The second-order valence-electron chi connectivity index (χ2n) is 6.14. The Kier molecular flexibility index (Phi) is 4.90. The van der Waals surface area contributed by atoms with Crippen LogP contribution in [0.15, 0.2) is 53.4 Å². The topological polar surface area (TPSA) is 40.6 Å². The van der Waals surface area contributed by atoms with Crippen LogP contribution in [-0.2, 0) is 10.0 Å². The number of sulfonamides is 1. The molecule has 0 N–H and O–H groups in total. The minimum Gasteiger partial charge on any atom is -0.378 e. The van der Waals surface area contributed by atoms with Gasteiger partial charge in [-0.25, -0.2) is 8.42 Å². The normalized spacial score (nSPS) is 18.7. The van der Waals surface area contributed by atoms with Crippen LogP contribution in [0.1, 0.15) is 16.5 Å². The molecular formula is C18H22N2O2S2. The van der Waals surface area contributed by atoms with Gasteiger partial charge in [0.25, 0.3) is 0 Å².